The topological polar surface area (TPSA) is 121 Å². The lowest BCUT2D eigenvalue weighted by atomic mass is 10.0. The number of carbonyl (C=O) groups excluding carboxylic acids is 1. The quantitative estimate of drug-likeness (QED) is 0.350. The molecule has 2 atom stereocenters. The molecule has 1 heterocycles. The molecule has 0 amide bonds. The Kier molecular flexibility index (Phi) is 13.0. The summed E-state index contributed by atoms with van der Waals surface area (Å²) in [5.41, 5.74) is 4.45. The fourth-order valence-electron chi connectivity index (χ4n) is 3.46. The number of nitrogens with zero attached hydrogens (tertiary/aromatic N) is 3. The van der Waals surface area contributed by atoms with Crippen molar-refractivity contribution in [2.24, 2.45) is 5.92 Å². The Bertz CT molecular complexity index is 982. The molecule has 2 aromatic rings. The van der Waals surface area contributed by atoms with Crippen LogP contribution in [0.25, 0.3) is 0 Å². The normalized spacial score (nSPS) is 13.2. The van der Waals surface area contributed by atoms with Gasteiger partial charge < -0.3 is 24.7 Å². The van der Waals surface area contributed by atoms with E-state index in [9.17, 15) is 23.1 Å². The van der Waals surface area contributed by atoms with Gasteiger partial charge in [-0.25, -0.2) is 0 Å². The maximum atomic E-state index is 11.5. The van der Waals surface area contributed by atoms with Gasteiger partial charge in [0.2, 0.25) is 5.89 Å². The molecule has 9 nitrogen and oxygen atoms in total. The molecule has 12 heteroatoms. The first-order chi connectivity index (χ1) is 17.2. The summed E-state index contributed by atoms with van der Waals surface area (Å²) in [6.45, 7) is 15.1. The van der Waals surface area contributed by atoms with Crippen LogP contribution in [0.15, 0.2) is 16.5 Å². The number of esters is 1. The van der Waals surface area contributed by atoms with Crippen LogP contribution in [0, 0.1) is 19.8 Å². The number of aryl methyl sites for hydroxylation is 1. The molecule has 0 saturated carbocycles. The van der Waals surface area contributed by atoms with E-state index in [4.69, 9.17) is 9.52 Å². The van der Waals surface area contributed by atoms with Crippen molar-refractivity contribution in [2.45, 2.75) is 79.8 Å². The molecule has 0 saturated heterocycles. The van der Waals surface area contributed by atoms with Crippen LogP contribution in [0.1, 0.15) is 69.7 Å². The molecule has 0 aliphatic heterocycles. The largest absolute Gasteiger partial charge is 0.453 e. The van der Waals surface area contributed by atoms with Gasteiger partial charge >= 0.3 is 18.2 Å². The third-order valence-corrected chi connectivity index (χ3v) is 5.16. The summed E-state index contributed by atoms with van der Waals surface area (Å²) in [5, 5.41) is 29.4. The number of carbonyl (C=O) groups is 1. The van der Waals surface area contributed by atoms with E-state index >= 15 is 0 Å². The van der Waals surface area contributed by atoms with Crippen molar-refractivity contribution >= 4 is 17.7 Å². The molecule has 0 aliphatic carbocycles. The van der Waals surface area contributed by atoms with Crippen LogP contribution in [0.4, 0.5) is 24.9 Å². The van der Waals surface area contributed by atoms with Gasteiger partial charge in [-0.05, 0) is 62.4 Å². The molecule has 0 spiro atoms. The Hall–Kier alpha value is -2.70. The number of benzene rings is 1. The molecule has 37 heavy (non-hydrogen) atoms. The maximum Gasteiger partial charge on any atom is 0.425 e. The van der Waals surface area contributed by atoms with Gasteiger partial charge in [-0.1, -0.05) is 31.9 Å². The first-order valence-electron chi connectivity index (χ1n) is 12.1. The fraction of sp³-hybridized carbons (Fsp3) is 0.640. The molecular formula is C25H39F3N4O5. The van der Waals surface area contributed by atoms with Gasteiger partial charge in [-0.3, -0.25) is 9.69 Å². The van der Waals surface area contributed by atoms with Gasteiger partial charge in [0, 0.05) is 25.7 Å². The molecule has 210 valence electrons. The monoisotopic (exact) mass is 532 g/mol. The minimum Gasteiger partial charge on any atom is -0.453 e. The van der Waals surface area contributed by atoms with Crippen molar-refractivity contribution in [1.29, 1.82) is 0 Å². The molecule has 1 aromatic heterocycles. The van der Waals surface area contributed by atoms with Crippen LogP contribution in [-0.2, 0) is 16.1 Å². The van der Waals surface area contributed by atoms with Crippen molar-refractivity contribution in [2.75, 3.05) is 25.0 Å². The zero-order chi connectivity index (χ0) is 28.3. The highest BCUT2D eigenvalue weighted by Crippen LogP contribution is 2.27. The Morgan fingerprint density at radius 2 is 1.86 bits per heavy atom. The molecule has 0 bridgehead atoms. The molecule has 0 radical (unpaired) electrons. The van der Waals surface area contributed by atoms with E-state index in [0.717, 1.165) is 56.7 Å². The second-order valence-electron chi connectivity index (χ2n) is 9.29. The van der Waals surface area contributed by atoms with Gasteiger partial charge in [0.05, 0.1) is 6.61 Å². The predicted octanol–water partition coefficient (Wildman–Crippen LogP) is 4.82. The van der Waals surface area contributed by atoms with E-state index in [-0.39, 0.29) is 11.9 Å². The number of halogens is 3. The van der Waals surface area contributed by atoms with Crippen molar-refractivity contribution in [3.63, 3.8) is 0 Å². The van der Waals surface area contributed by atoms with Gasteiger partial charge in [0.25, 0.3) is 0 Å². The average molecular weight is 533 g/mol. The summed E-state index contributed by atoms with van der Waals surface area (Å²) >= 11 is 0. The predicted molar refractivity (Wildman–Crippen MR) is 133 cm³/mol. The van der Waals surface area contributed by atoms with Crippen molar-refractivity contribution in [3.05, 3.63) is 34.7 Å². The van der Waals surface area contributed by atoms with Crippen LogP contribution in [-0.4, -0.2) is 63.3 Å². The number of aliphatic hydroxyl groups is 2. The van der Waals surface area contributed by atoms with Gasteiger partial charge in [0.15, 0.2) is 12.2 Å². The first kappa shape index (κ1) is 32.3. The van der Waals surface area contributed by atoms with E-state index in [1.54, 1.807) is 0 Å². The number of hydrogen-bond acceptors (Lipinski definition) is 9. The molecule has 0 aliphatic rings. The van der Waals surface area contributed by atoms with E-state index in [1.165, 1.54) is 5.56 Å². The van der Waals surface area contributed by atoms with Crippen molar-refractivity contribution in [1.82, 2.24) is 15.1 Å². The molecule has 2 rings (SSSR count). The van der Waals surface area contributed by atoms with Crippen LogP contribution in [0.3, 0.4) is 0 Å². The Morgan fingerprint density at radius 3 is 2.35 bits per heavy atom. The van der Waals surface area contributed by atoms with E-state index in [1.807, 2.05) is 6.07 Å². The van der Waals surface area contributed by atoms with Crippen LogP contribution >= 0.6 is 0 Å². The summed E-state index contributed by atoms with van der Waals surface area (Å²) in [4.78, 5) is 12.5. The smallest absolute Gasteiger partial charge is 0.425 e. The lowest BCUT2D eigenvalue weighted by Crippen LogP contribution is -2.29. The maximum absolute atomic E-state index is 11.5. The van der Waals surface area contributed by atoms with Crippen LogP contribution in [0.2, 0.25) is 0 Å². The number of hydrogen-bond donors (Lipinski definition) is 3. The number of ether oxygens (including phenoxy) is 1. The minimum absolute atomic E-state index is 0.00316. The molecule has 1 unspecified atom stereocenters. The number of aromatic nitrogens is 2. The second-order valence-corrected chi connectivity index (χ2v) is 9.29. The number of aliphatic hydroxyl groups excluding tert-OH is 2. The van der Waals surface area contributed by atoms with E-state index in [2.05, 4.69) is 65.8 Å². The van der Waals surface area contributed by atoms with Crippen molar-refractivity contribution in [3.8, 4) is 0 Å². The first-order valence-corrected chi connectivity index (χ1v) is 12.1. The molecular weight excluding hydrogens is 493 g/mol. The number of alkyl halides is 3. The van der Waals surface area contributed by atoms with Gasteiger partial charge in [0.1, 0.15) is 0 Å². The average Bonchev–Trinajstić information content (AvgIpc) is 3.24. The highest BCUT2D eigenvalue weighted by molar-refractivity contribution is 5.66. The summed E-state index contributed by atoms with van der Waals surface area (Å²) in [5.74, 6) is -0.310. The lowest BCUT2D eigenvalue weighted by molar-refractivity contribution is -0.214. The fourth-order valence-corrected chi connectivity index (χ4v) is 3.46. The zero-order valence-electron chi connectivity index (χ0n) is 22.5. The van der Waals surface area contributed by atoms with E-state index < -0.39 is 31.0 Å². The zero-order valence-corrected chi connectivity index (χ0v) is 22.5. The summed E-state index contributed by atoms with van der Waals surface area (Å²) in [7, 11) is 0. The standard InChI is InChI=1S/C20H32N4O3.C5H7F3O2/c1-6-7-24(10-13(2)3)11-16-8-14(4)9-17(15(16)5)21-20-23-22-19(27-20)18(26)12-25;1-3(5(6,7)8)10-4(2)9/h8-9,13,18,25-26H,6-7,10-12H2,1-5H3,(H,21,23);3H,1-2H3/t18-;/m0./s1. The highest BCUT2D eigenvalue weighted by Gasteiger charge is 2.38. The number of anilines is 2. The van der Waals surface area contributed by atoms with Crippen molar-refractivity contribution < 1.29 is 37.3 Å². The SMILES string of the molecule is CC(=O)OC(C)C(F)(F)F.CCCN(Cc1cc(C)cc(Nc2nnc([C@@H](O)CO)o2)c1C)CC(C)C. The van der Waals surface area contributed by atoms with Crippen LogP contribution < -0.4 is 5.32 Å². The summed E-state index contributed by atoms with van der Waals surface area (Å²) < 4.78 is 43.8. The van der Waals surface area contributed by atoms with Crippen LogP contribution in [0.5, 0.6) is 0 Å². The van der Waals surface area contributed by atoms with Gasteiger partial charge in [-0.2, -0.15) is 13.2 Å². The van der Waals surface area contributed by atoms with E-state index in [0.29, 0.717) is 5.92 Å². The third-order valence-electron chi connectivity index (χ3n) is 5.16. The Labute approximate surface area is 216 Å². The third kappa shape index (κ3) is 11.5. The highest BCUT2D eigenvalue weighted by atomic mass is 19.4. The number of nitrogens with one attached hydrogen (secondary N) is 1. The van der Waals surface area contributed by atoms with Gasteiger partial charge in [-0.15, -0.1) is 5.10 Å². The molecule has 3 N–H and O–H groups in total. The Balaban J connectivity index is 0.000000580. The summed E-state index contributed by atoms with van der Waals surface area (Å²) in [6, 6.07) is 4.46. The summed E-state index contributed by atoms with van der Waals surface area (Å²) in [6.07, 6.45) is -6.50. The Morgan fingerprint density at radius 1 is 1.22 bits per heavy atom. The minimum atomic E-state index is -4.45. The lowest BCUT2D eigenvalue weighted by Gasteiger charge is -2.25. The molecule has 0 fully saturated rings. The second kappa shape index (κ2) is 14.9. The molecule has 1 aromatic carbocycles. The number of rotatable bonds is 11.